The van der Waals surface area contributed by atoms with Crippen molar-refractivity contribution in [1.29, 1.82) is 0 Å². The SMILES string of the molecule is CCC1=C(C)C=C(C(C)C)SS1. The summed E-state index contributed by atoms with van der Waals surface area (Å²) < 4.78 is 0. The van der Waals surface area contributed by atoms with Crippen LogP contribution in [0.4, 0.5) is 0 Å². The number of hydrogen-bond acceptors (Lipinski definition) is 2. The quantitative estimate of drug-likeness (QED) is 0.597. The lowest BCUT2D eigenvalue weighted by molar-refractivity contribution is 0.816. The molecule has 0 aromatic rings. The largest absolute Gasteiger partial charge is 0.0607 e. The van der Waals surface area contributed by atoms with Gasteiger partial charge in [0.15, 0.2) is 0 Å². The molecule has 1 rings (SSSR count). The van der Waals surface area contributed by atoms with Crippen molar-refractivity contribution in [3.63, 3.8) is 0 Å². The average molecular weight is 200 g/mol. The Bertz CT molecular complexity index is 224. The smallest absolute Gasteiger partial charge is 0.00102 e. The van der Waals surface area contributed by atoms with Gasteiger partial charge in [-0.05, 0) is 40.7 Å². The summed E-state index contributed by atoms with van der Waals surface area (Å²) in [6.45, 7) is 8.95. The number of rotatable bonds is 2. The second-order valence-corrected chi connectivity index (χ2v) is 5.63. The molecule has 2 heteroatoms. The lowest BCUT2D eigenvalue weighted by Crippen LogP contribution is -1.93. The normalized spacial score (nSPS) is 18.6. The van der Waals surface area contributed by atoms with Crippen molar-refractivity contribution in [3.8, 4) is 0 Å². The summed E-state index contributed by atoms with van der Waals surface area (Å²) in [6.07, 6.45) is 3.51. The molecular weight excluding hydrogens is 184 g/mol. The minimum atomic E-state index is 0.677. The fourth-order valence-corrected chi connectivity index (χ4v) is 4.07. The van der Waals surface area contributed by atoms with Gasteiger partial charge < -0.3 is 0 Å². The van der Waals surface area contributed by atoms with Crippen LogP contribution >= 0.6 is 21.6 Å². The Kier molecular flexibility index (Phi) is 3.78. The molecule has 0 aromatic carbocycles. The molecule has 0 saturated carbocycles. The Labute approximate surface area is 83.3 Å². The number of allylic oxidation sites excluding steroid dienone is 4. The van der Waals surface area contributed by atoms with Gasteiger partial charge in [0.2, 0.25) is 0 Å². The highest BCUT2D eigenvalue weighted by atomic mass is 33.1. The third-order valence-corrected chi connectivity index (χ3v) is 5.04. The molecule has 0 nitrogen and oxygen atoms in total. The molecule has 0 spiro atoms. The molecule has 0 radical (unpaired) electrons. The summed E-state index contributed by atoms with van der Waals surface area (Å²) in [5, 5.41) is 0. The van der Waals surface area contributed by atoms with Gasteiger partial charge in [-0.2, -0.15) is 0 Å². The molecule has 0 N–H and O–H groups in total. The minimum Gasteiger partial charge on any atom is -0.0607 e. The summed E-state index contributed by atoms with van der Waals surface area (Å²) in [5.41, 5.74) is 1.46. The van der Waals surface area contributed by atoms with Crippen LogP contribution in [-0.4, -0.2) is 0 Å². The maximum Gasteiger partial charge on any atom is -0.00102 e. The molecule has 1 aliphatic rings. The molecule has 0 fully saturated rings. The Hall–Kier alpha value is 0.180. The van der Waals surface area contributed by atoms with Gasteiger partial charge in [0, 0.05) is 0 Å². The molecule has 0 bridgehead atoms. The standard InChI is InChI=1S/C10H16S2/c1-5-9-8(4)6-10(7(2)3)12-11-9/h6-7H,5H2,1-4H3. The van der Waals surface area contributed by atoms with E-state index in [1.807, 2.05) is 21.6 Å². The summed E-state index contributed by atoms with van der Waals surface area (Å²) in [4.78, 5) is 3.04. The van der Waals surface area contributed by atoms with Crippen molar-refractivity contribution in [2.75, 3.05) is 0 Å². The van der Waals surface area contributed by atoms with Gasteiger partial charge >= 0.3 is 0 Å². The first-order valence-corrected chi connectivity index (χ1v) is 6.56. The van der Waals surface area contributed by atoms with E-state index in [2.05, 4.69) is 33.8 Å². The maximum absolute atomic E-state index is 2.34. The van der Waals surface area contributed by atoms with E-state index in [0.29, 0.717) is 5.92 Å². The molecule has 1 heterocycles. The first-order chi connectivity index (χ1) is 5.65. The average Bonchev–Trinajstić information content (AvgIpc) is 2.04. The van der Waals surface area contributed by atoms with Crippen LogP contribution in [0.25, 0.3) is 0 Å². The van der Waals surface area contributed by atoms with Gasteiger partial charge in [-0.15, -0.1) is 0 Å². The molecular formula is C10H16S2. The topological polar surface area (TPSA) is 0 Å². The van der Waals surface area contributed by atoms with Gasteiger partial charge in [0.05, 0.1) is 0 Å². The Balaban J connectivity index is 2.81. The van der Waals surface area contributed by atoms with Crippen molar-refractivity contribution in [1.82, 2.24) is 0 Å². The molecule has 0 atom stereocenters. The van der Waals surface area contributed by atoms with Crippen molar-refractivity contribution in [3.05, 3.63) is 21.5 Å². The van der Waals surface area contributed by atoms with E-state index in [1.54, 1.807) is 0 Å². The minimum absolute atomic E-state index is 0.677. The molecule has 0 saturated heterocycles. The van der Waals surface area contributed by atoms with E-state index < -0.39 is 0 Å². The molecule has 1 aliphatic heterocycles. The third-order valence-electron chi connectivity index (χ3n) is 1.93. The van der Waals surface area contributed by atoms with Crippen LogP contribution in [0.15, 0.2) is 21.5 Å². The lowest BCUT2D eigenvalue weighted by atomic mass is 10.1. The zero-order valence-electron chi connectivity index (χ0n) is 8.18. The van der Waals surface area contributed by atoms with Gasteiger partial charge in [-0.25, -0.2) is 0 Å². The van der Waals surface area contributed by atoms with Crippen molar-refractivity contribution in [2.45, 2.75) is 34.1 Å². The van der Waals surface area contributed by atoms with Crippen molar-refractivity contribution < 1.29 is 0 Å². The van der Waals surface area contributed by atoms with E-state index >= 15 is 0 Å². The highest BCUT2D eigenvalue weighted by molar-refractivity contribution is 8.79. The van der Waals surface area contributed by atoms with Gasteiger partial charge in [0.25, 0.3) is 0 Å². The van der Waals surface area contributed by atoms with E-state index in [-0.39, 0.29) is 0 Å². The predicted molar refractivity (Wildman–Crippen MR) is 61.1 cm³/mol. The molecule has 0 unspecified atom stereocenters. The zero-order valence-corrected chi connectivity index (χ0v) is 9.81. The van der Waals surface area contributed by atoms with E-state index in [4.69, 9.17) is 0 Å². The first kappa shape index (κ1) is 10.3. The second kappa shape index (κ2) is 4.43. The zero-order chi connectivity index (χ0) is 9.14. The molecule has 12 heavy (non-hydrogen) atoms. The molecule has 0 aromatic heterocycles. The van der Waals surface area contributed by atoms with Crippen LogP contribution in [-0.2, 0) is 0 Å². The number of hydrogen-bond donors (Lipinski definition) is 0. The Morgan fingerprint density at radius 1 is 1.33 bits per heavy atom. The lowest BCUT2D eigenvalue weighted by Gasteiger charge is -2.17. The van der Waals surface area contributed by atoms with E-state index in [9.17, 15) is 0 Å². The van der Waals surface area contributed by atoms with Crippen LogP contribution in [0.5, 0.6) is 0 Å². The predicted octanol–water partition coefficient (Wildman–Crippen LogP) is 4.61. The fourth-order valence-electron chi connectivity index (χ4n) is 1.08. The second-order valence-electron chi connectivity index (χ2n) is 3.33. The van der Waals surface area contributed by atoms with Crippen LogP contribution in [0.3, 0.4) is 0 Å². The van der Waals surface area contributed by atoms with Crippen LogP contribution in [0.1, 0.15) is 34.1 Å². The summed E-state index contributed by atoms with van der Waals surface area (Å²) >= 11 is 0. The molecule has 0 amide bonds. The van der Waals surface area contributed by atoms with Gasteiger partial charge in [0.1, 0.15) is 0 Å². The van der Waals surface area contributed by atoms with Crippen molar-refractivity contribution >= 4 is 21.6 Å². The highest BCUT2D eigenvalue weighted by Gasteiger charge is 2.12. The van der Waals surface area contributed by atoms with Gasteiger partial charge in [-0.3, -0.25) is 0 Å². The van der Waals surface area contributed by atoms with Gasteiger partial charge in [-0.1, -0.05) is 42.4 Å². The fraction of sp³-hybridized carbons (Fsp3) is 0.600. The first-order valence-electron chi connectivity index (χ1n) is 4.41. The third kappa shape index (κ3) is 2.33. The molecule has 68 valence electrons. The summed E-state index contributed by atoms with van der Waals surface area (Å²) in [6, 6.07) is 0. The summed E-state index contributed by atoms with van der Waals surface area (Å²) in [7, 11) is 3.86. The van der Waals surface area contributed by atoms with E-state index in [0.717, 1.165) is 0 Å². The summed E-state index contributed by atoms with van der Waals surface area (Å²) in [5.74, 6) is 0.677. The van der Waals surface area contributed by atoms with Crippen LogP contribution in [0.2, 0.25) is 0 Å². The Morgan fingerprint density at radius 3 is 2.42 bits per heavy atom. The molecule has 0 aliphatic carbocycles. The van der Waals surface area contributed by atoms with Crippen LogP contribution in [0, 0.1) is 5.92 Å². The Morgan fingerprint density at radius 2 is 2.00 bits per heavy atom. The van der Waals surface area contributed by atoms with E-state index in [1.165, 1.54) is 21.8 Å². The highest BCUT2D eigenvalue weighted by Crippen LogP contribution is 2.46. The van der Waals surface area contributed by atoms with Crippen molar-refractivity contribution in [2.24, 2.45) is 5.92 Å². The maximum atomic E-state index is 2.34. The van der Waals surface area contributed by atoms with Crippen LogP contribution < -0.4 is 0 Å². The monoisotopic (exact) mass is 200 g/mol.